The molecule has 3 fully saturated rings. The minimum atomic E-state index is -0.390. The molecule has 0 aromatic heterocycles. The molecular formula is C16H26N2O3. The quantitative estimate of drug-likeness (QED) is 0.817. The number of likely N-dealkylation sites (tertiary alicyclic amines) is 1. The highest BCUT2D eigenvalue weighted by atomic mass is 16.3. The van der Waals surface area contributed by atoms with Crippen molar-refractivity contribution in [2.24, 2.45) is 11.8 Å². The Morgan fingerprint density at radius 2 is 1.57 bits per heavy atom. The van der Waals surface area contributed by atoms with Gasteiger partial charge in [-0.25, -0.2) is 0 Å². The summed E-state index contributed by atoms with van der Waals surface area (Å²) < 4.78 is 0. The molecule has 3 rings (SSSR count). The minimum Gasteiger partial charge on any atom is -0.391 e. The summed E-state index contributed by atoms with van der Waals surface area (Å²) in [7, 11) is 0. The second kappa shape index (κ2) is 6.34. The van der Waals surface area contributed by atoms with E-state index in [4.69, 9.17) is 0 Å². The molecule has 118 valence electrons. The monoisotopic (exact) mass is 294 g/mol. The van der Waals surface area contributed by atoms with E-state index in [9.17, 15) is 14.7 Å². The number of carbonyl (C=O) groups excluding carboxylic acids is 2. The summed E-state index contributed by atoms with van der Waals surface area (Å²) >= 11 is 0. The Kier molecular flexibility index (Phi) is 4.48. The summed E-state index contributed by atoms with van der Waals surface area (Å²) in [6.07, 6.45) is 7.01. The Labute approximate surface area is 126 Å². The standard InChI is InChI=1S/C16H26N2O3/c19-14-4-2-1-3-13(14)17-15(20)11-7-9-18(10-8-11)16(21)12-5-6-12/h11-14,19H,1-10H2,(H,17,20)/t13-,14-/m0/s1. The average Bonchev–Trinajstić information content (AvgIpc) is 3.34. The van der Waals surface area contributed by atoms with Gasteiger partial charge in [0.15, 0.2) is 0 Å². The third-order valence-electron chi connectivity index (χ3n) is 5.16. The smallest absolute Gasteiger partial charge is 0.225 e. The topological polar surface area (TPSA) is 69.6 Å². The highest BCUT2D eigenvalue weighted by molar-refractivity contribution is 5.82. The molecule has 1 saturated heterocycles. The number of hydrogen-bond acceptors (Lipinski definition) is 3. The van der Waals surface area contributed by atoms with E-state index in [0.717, 1.165) is 51.4 Å². The molecule has 2 saturated carbocycles. The van der Waals surface area contributed by atoms with Gasteiger partial charge in [-0.3, -0.25) is 9.59 Å². The van der Waals surface area contributed by atoms with Gasteiger partial charge in [0.05, 0.1) is 12.1 Å². The minimum absolute atomic E-state index is 0.00220. The van der Waals surface area contributed by atoms with Crippen LogP contribution in [0.3, 0.4) is 0 Å². The van der Waals surface area contributed by atoms with Crippen LogP contribution in [0.1, 0.15) is 51.4 Å². The fourth-order valence-electron chi connectivity index (χ4n) is 3.53. The summed E-state index contributed by atoms with van der Waals surface area (Å²) in [4.78, 5) is 26.2. The zero-order valence-electron chi connectivity index (χ0n) is 12.6. The van der Waals surface area contributed by atoms with Crippen molar-refractivity contribution in [1.29, 1.82) is 0 Å². The highest BCUT2D eigenvalue weighted by Crippen LogP contribution is 2.32. The first-order valence-corrected chi connectivity index (χ1v) is 8.42. The van der Waals surface area contributed by atoms with Crippen molar-refractivity contribution in [3.05, 3.63) is 0 Å². The first kappa shape index (κ1) is 14.8. The third-order valence-corrected chi connectivity index (χ3v) is 5.16. The first-order chi connectivity index (χ1) is 10.1. The average molecular weight is 294 g/mol. The Bertz CT molecular complexity index is 400. The maximum absolute atomic E-state index is 12.3. The lowest BCUT2D eigenvalue weighted by Crippen LogP contribution is -2.49. The van der Waals surface area contributed by atoms with Crippen molar-refractivity contribution in [1.82, 2.24) is 10.2 Å². The maximum atomic E-state index is 12.3. The van der Waals surface area contributed by atoms with E-state index in [0.29, 0.717) is 13.1 Å². The Morgan fingerprint density at radius 1 is 0.905 bits per heavy atom. The van der Waals surface area contributed by atoms with Crippen molar-refractivity contribution in [3.63, 3.8) is 0 Å². The zero-order chi connectivity index (χ0) is 14.8. The number of carbonyl (C=O) groups is 2. The predicted octanol–water partition coefficient (Wildman–Crippen LogP) is 1.05. The van der Waals surface area contributed by atoms with E-state index >= 15 is 0 Å². The number of aliphatic hydroxyl groups is 1. The van der Waals surface area contributed by atoms with E-state index in [1.165, 1.54) is 0 Å². The lowest BCUT2D eigenvalue weighted by molar-refractivity contribution is -0.137. The van der Waals surface area contributed by atoms with E-state index in [2.05, 4.69) is 5.32 Å². The number of hydrogen-bond donors (Lipinski definition) is 2. The normalized spacial score (nSPS) is 31.0. The van der Waals surface area contributed by atoms with Crippen LogP contribution >= 0.6 is 0 Å². The molecule has 0 spiro atoms. The van der Waals surface area contributed by atoms with Gasteiger partial charge in [0.2, 0.25) is 11.8 Å². The number of piperidine rings is 1. The zero-order valence-corrected chi connectivity index (χ0v) is 12.6. The van der Waals surface area contributed by atoms with Crippen LogP contribution in [0.5, 0.6) is 0 Å². The molecule has 5 nitrogen and oxygen atoms in total. The van der Waals surface area contributed by atoms with Crippen LogP contribution in [0.15, 0.2) is 0 Å². The molecule has 0 bridgehead atoms. The number of aliphatic hydroxyl groups excluding tert-OH is 1. The molecule has 3 aliphatic rings. The number of nitrogens with zero attached hydrogens (tertiary/aromatic N) is 1. The molecule has 0 aromatic carbocycles. The Morgan fingerprint density at radius 3 is 2.19 bits per heavy atom. The molecule has 2 atom stereocenters. The molecule has 2 amide bonds. The van der Waals surface area contributed by atoms with Crippen LogP contribution in [-0.4, -0.2) is 47.1 Å². The fraction of sp³-hybridized carbons (Fsp3) is 0.875. The molecule has 1 heterocycles. The van der Waals surface area contributed by atoms with Crippen molar-refractivity contribution in [2.45, 2.75) is 63.5 Å². The van der Waals surface area contributed by atoms with Gasteiger partial charge in [-0.05, 0) is 38.5 Å². The molecule has 0 unspecified atom stereocenters. The number of rotatable bonds is 3. The number of nitrogens with one attached hydrogen (secondary N) is 1. The van der Waals surface area contributed by atoms with Gasteiger partial charge in [-0.1, -0.05) is 12.8 Å². The maximum Gasteiger partial charge on any atom is 0.225 e. The molecular weight excluding hydrogens is 268 g/mol. The Hall–Kier alpha value is -1.10. The molecule has 5 heteroatoms. The van der Waals surface area contributed by atoms with Crippen molar-refractivity contribution in [3.8, 4) is 0 Å². The van der Waals surface area contributed by atoms with Gasteiger partial charge >= 0.3 is 0 Å². The second-order valence-electron chi connectivity index (χ2n) is 6.84. The lowest BCUT2D eigenvalue weighted by atomic mass is 9.90. The van der Waals surface area contributed by atoms with E-state index in [1.54, 1.807) is 0 Å². The van der Waals surface area contributed by atoms with Crippen LogP contribution in [0, 0.1) is 11.8 Å². The molecule has 21 heavy (non-hydrogen) atoms. The van der Waals surface area contributed by atoms with Gasteiger partial charge in [-0.2, -0.15) is 0 Å². The van der Waals surface area contributed by atoms with E-state index in [-0.39, 0.29) is 35.8 Å². The van der Waals surface area contributed by atoms with Crippen LogP contribution in [0.2, 0.25) is 0 Å². The van der Waals surface area contributed by atoms with Crippen molar-refractivity contribution >= 4 is 11.8 Å². The summed E-state index contributed by atoms with van der Waals surface area (Å²) in [6, 6.07) is -0.0719. The van der Waals surface area contributed by atoms with E-state index < -0.39 is 0 Å². The van der Waals surface area contributed by atoms with Gasteiger partial charge in [0, 0.05) is 24.9 Å². The summed E-state index contributed by atoms with van der Waals surface area (Å²) in [6.45, 7) is 1.42. The van der Waals surface area contributed by atoms with Crippen molar-refractivity contribution < 1.29 is 14.7 Å². The summed E-state index contributed by atoms with van der Waals surface area (Å²) in [5.41, 5.74) is 0. The van der Waals surface area contributed by atoms with E-state index in [1.807, 2.05) is 4.90 Å². The number of amides is 2. The predicted molar refractivity (Wildman–Crippen MR) is 78.4 cm³/mol. The summed E-state index contributed by atoms with van der Waals surface area (Å²) in [5, 5.41) is 13.0. The SMILES string of the molecule is O=C(N[C@H]1CCCC[C@@H]1O)C1CCN(C(=O)C2CC2)CC1. The largest absolute Gasteiger partial charge is 0.391 e. The second-order valence-corrected chi connectivity index (χ2v) is 6.84. The summed E-state index contributed by atoms with van der Waals surface area (Å²) in [5.74, 6) is 0.631. The first-order valence-electron chi connectivity index (χ1n) is 8.42. The van der Waals surface area contributed by atoms with Crippen LogP contribution in [-0.2, 0) is 9.59 Å². The Balaban J connectivity index is 1.45. The molecule has 0 aromatic rings. The third kappa shape index (κ3) is 3.57. The molecule has 0 radical (unpaired) electrons. The van der Waals surface area contributed by atoms with Gasteiger partial charge in [0.25, 0.3) is 0 Å². The lowest BCUT2D eigenvalue weighted by Gasteiger charge is -2.34. The molecule has 1 aliphatic heterocycles. The molecule has 2 N–H and O–H groups in total. The van der Waals surface area contributed by atoms with Crippen molar-refractivity contribution in [2.75, 3.05) is 13.1 Å². The van der Waals surface area contributed by atoms with Gasteiger partial charge < -0.3 is 15.3 Å². The van der Waals surface area contributed by atoms with Crippen LogP contribution in [0.25, 0.3) is 0 Å². The van der Waals surface area contributed by atoms with Gasteiger partial charge in [-0.15, -0.1) is 0 Å². The fourth-order valence-corrected chi connectivity index (χ4v) is 3.53. The van der Waals surface area contributed by atoms with Crippen LogP contribution in [0.4, 0.5) is 0 Å². The molecule has 2 aliphatic carbocycles. The van der Waals surface area contributed by atoms with Gasteiger partial charge in [0.1, 0.15) is 0 Å². The van der Waals surface area contributed by atoms with Crippen LogP contribution < -0.4 is 5.32 Å². The highest BCUT2D eigenvalue weighted by Gasteiger charge is 2.36.